The van der Waals surface area contributed by atoms with E-state index < -0.39 is 35.9 Å². The second-order valence-corrected chi connectivity index (χ2v) is 11.3. The number of carbonyl (C=O) groups is 1. The summed E-state index contributed by atoms with van der Waals surface area (Å²) in [6.07, 6.45) is -1.77. The topological polar surface area (TPSA) is 69.3 Å². The van der Waals surface area contributed by atoms with Gasteiger partial charge >= 0.3 is 6.09 Å². The van der Waals surface area contributed by atoms with E-state index in [1.54, 1.807) is 4.90 Å². The van der Waals surface area contributed by atoms with Gasteiger partial charge in [-0.3, -0.25) is 4.90 Å². The zero-order valence-electron chi connectivity index (χ0n) is 21.0. The number of nitrogens with zero attached hydrogens (tertiary/aromatic N) is 1. The highest BCUT2D eigenvalue weighted by atomic mass is 79.9. The molecule has 0 unspecified atom stereocenters. The summed E-state index contributed by atoms with van der Waals surface area (Å²) in [6.45, 7) is 10.9. The van der Waals surface area contributed by atoms with Crippen LogP contribution in [-0.2, 0) is 32.0 Å². The normalized spacial score (nSPS) is 25.3. The standard InChI is InChI=1S/C27H35BrN2O5/c1-26(2,3)35-25(31)30(17-19-13-9-10-14-20(19)28)22-21(16-29-15-18-11-7-6-8-12-18)32-24-23(22)33-27(4,5)34-24/h6-14,21-24,29H,15-17H2,1-5H3/t21-,22+,23-,24-/m1/s1. The van der Waals surface area contributed by atoms with Crippen molar-refractivity contribution in [2.75, 3.05) is 6.54 Å². The summed E-state index contributed by atoms with van der Waals surface area (Å²) in [7, 11) is 0. The third kappa shape index (κ3) is 6.62. The SMILES string of the molecule is CC(C)(C)OC(=O)N(Cc1ccccc1Br)[C@@H]1[C@H]2OC(C)(C)O[C@H]2O[C@@H]1CNCc1ccccc1. The molecular formula is C27H35BrN2O5. The van der Waals surface area contributed by atoms with Gasteiger partial charge in [0.1, 0.15) is 11.7 Å². The molecule has 4 atom stereocenters. The van der Waals surface area contributed by atoms with Gasteiger partial charge in [0, 0.05) is 17.6 Å². The highest BCUT2D eigenvalue weighted by Gasteiger charge is 2.57. The minimum absolute atomic E-state index is 0.340. The van der Waals surface area contributed by atoms with Gasteiger partial charge in [0.05, 0.1) is 18.7 Å². The van der Waals surface area contributed by atoms with Gasteiger partial charge in [0.2, 0.25) is 0 Å². The van der Waals surface area contributed by atoms with Crippen LogP contribution in [0.15, 0.2) is 59.1 Å². The van der Waals surface area contributed by atoms with Crippen LogP contribution in [0.1, 0.15) is 45.7 Å². The Morgan fingerprint density at radius 2 is 1.77 bits per heavy atom. The van der Waals surface area contributed by atoms with E-state index in [2.05, 4.69) is 33.4 Å². The maximum Gasteiger partial charge on any atom is 0.411 e. The fourth-order valence-corrected chi connectivity index (χ4v) is 4.89. The number of hydrogen-bond donors (Lipinski definition) is 1. The average Bonchev–Trinajstić information content (AvgIpc) is 3.24. The Morgan fingerprint density at radius 1 is 1.09 bits per heavy atom. The third-order valence-electron chi connectivity index (χ3n) is 5.92. The van der Waals surface area contributed by atoms with Gasteiger partial charge in [-0.2, -0.15) is 0 Å². The lowest BCUT2D eigenvalue weighted by Gasteiger charge is -2.36. The lowest BCUT2D eigenvalue weighted by Crippen LogP contribution is -2.54. The van der Waals surface area contributed by atoms with Crippen molar-refractivity contribution in [2.45, 2.75) is 83.6 Å². The molecule has 2 aliphatic heterocycles. The molecule has 35 heavy (non-hydrogen) atoms. The zero-order valence-corrected chi connectivity index (χ0v) is 22.6. The Kier molecular flexibility index (Phi) is 7.88. The second kappa shape index (κ2) is 10.6. The van der Waals surface area contributed by atoms with Crippen molar-refractivity contribution in [3.63, 3.8) is 0 Å². The van der Waals surface area contributed by atoms with E-state index in [0.29, 0.717) is 19.6 Å². The molecule has 0 radical (unpaired) electrons. The summed E-state index contributed by atoms with van der Waals surface area (Å²) in [6, 6.07) is 17.6. The molecule has 8 heteroatoms. The summed E-state index contributed by atoms with van der Waals surface area (Å²) in [4.78, 5) is 15.3. The van der Waals surface area contributed by atoms with Crippen LogP contribution in [0.3, 0.4) is 0 Å². The Labute approximate surface area is 216 Å². The van der Waals surface area contributed by atoms with Gasteiger partial charge in [0.15, 0.2) is 12.1 Å². The summed E-state index contributed by atoms with van der Waals surface area (Å²) >= 11 is 3.62. The first kappa shape index (κ1) is 26.1. The number of nitrogens with one attached hydrogen (secondary N) is 1. The van der Waals surface area contributed by atoms with Crippen LogP contribution in [0, 0.1) is 0 Å². The smallest absolute Gasteiger partial charge is 0.411 e. The van der Waals surface area contributed by atoms with Crippen LogP contribution in [-0.4, -0.2) is 53.5 Å². The maximum atomic E-state index is 13.6. The van der Waals surface area contributed by atoms with Crippen LogP contribution < -0.4 is 5.32 Å². The van der Waals surface area contributed by atoms with Crippen molar-refractivity contribution >= 4 is 22.0 Å². The Morgan fingerprint density at radius 3 is 2.46 bits per heavy atom. The predicted molar refractivity (Wildman–Crippen MR) is 137 cm³/mol. The number of carbonyl (C=O) groups excluding carboxylic acids is 1. The number of hydrogen-bond acceptors (Lipinski definition) is 6. The number of rotatable bonds is 7. The molecular weight excluding hydrogens is 512 g/mol. The van der Waals surface area contributed by atoms with E-state index in [4.69, 9.17) is 18.9 Å². The molecule has 2 saturated heterocycles. The molecule has 0 aromatic heterocycles. The summed E-state index contributed by atoms with van der Waals surface area (Å²) in [5.74, 6) is -0.803. The number of benzene rings is 2. The molecule has 2 aliphatic rings. The van der Waals surface area contributed by atoms with Crippen molar-refractivity contribution in [3.8, 4) is 0 Å². The molecule has 2 heterocycles. The quantitative estimate of drug-likeness (QED) is 0.513. The van der Waals surface area contributed by atoms with Crippen LogP contribution in [0.25, 0.3) is 0 Å². The first-order chi connectivity index (χ1) is 16.5. The van der Waals surface area contributed by atoms with Crippen LogP contribution >= 0.6 is 15.9 Å². The molecule has 2 aromatic rings. The lowest BCUT2D eigenvalue weighted by atomic mass is 10.0. The monoisotopic (exact) mass is 546 g/mol. The molecule has 0 bridgehead atoms. The number of halogens is 1. The molecule has 190 valence electrons. The highest BCUT2D eigenvalue weighted by Crippen LogP contribution is 2.40. The number of amides is 1. The fraction of sp³-hybridized carbons (Fsp3) is 0.519. The number of ether oxygens (including phenoxy) is 4. The molecule has 7 nitrogen and oxygen atoms in total. The van der Waals surface area contributed by atoms with E-state index in [9.17, 15) is 4.79 Å². The van der Waals surface area contributed by atoms with Crippen molar-refractivity contribution < 1.29 is 23.7 Å². The van der Waals surface area contributed by atoms with Gasteiger partial charge in [-0.05, 0) is 51.8 Å². The minimum Gasteiger partial charge on any atom is -0.444 e. The van der Waals surface area contributed by atoms with E-state index in [-0.39, 0.29) is 6.10 Å². The molecule has 1 N–H and O–H groups in total. The predicted octanol–water partition coefficient (Wildman–Crippen LogP) is 5.22. The number of fused-ring (bicyclic) bond motifs is 1. The van der Waals surface area contributed by atoms with E-state index in [1.165, 1.54) is 5.56 Å². The molecule has 0 aliphatic carbocycles. The molecule has 1 amide bonds. The molecule has 0 saturated carbocycles. The fourth-order valence-electron chi connectivity index (χ4n) is 4.48. The third-order valence-corrected chi connectivity index (χ3v) is 6.69. The van der Waals surface area contributed by atoms with Crippen molar-refractivity contribution in [1.29, 1.82) is 0 Å². The van der Waals surface area contributed by atoms with Crippen LogP contribution in [0.4, 0.5) is 4.79 Å². The highest BCUT2D eigenvalue weighted by molar-refractivity contribution is 9.10. The lowest BCUT2D eigenvalue weighted by molar-refractivity contribution is -0.210. The summed E-state index contributed by atoms with van der Waals surface area (Å²) in [5.41, 5.74) is 1.50. The Balaban J connectivity index is 1.61. The first-order valence-electron chi connectivity index (χ1n) is 12.0. The maximum absolute atomic E-state index is 13.6. The van der Waals surface area contributed by atoms with Gasteiger partial charge in [0.25, 0.3) is 0 Å². The van der Waals surface area contributed by atoms with E-state index >= 15 is 0 Å². The molecule has 2 aromatic carbocycles. The average molecular weight is 547 g/mol. The van der Waals surface area contributed by atoms with Gasteiger partial charge in [-0.15, -0.1) is 0 Å². The summed E-state index contributed by atoms with van der Waals surface area (Å²) < 4.78 is 25.4. The minimum atomic E-state index is -0.803. The molecule has 2 fully saturated rings. The van der Waals surface area contributed by atoms with Crippen LogP contribution in [0.2, 0.25) is 0 Å². The van der Waals surface area contributed by atoms with Gasteiger partial charge < -0.3 is 24.3 Å². The van der Waals surface area contributed by atoms with E-state index in [1.807, 2.05) is 77.1 Å². The first-order valence-corrected chi connectivity index (χ1v) is 12.8. The van der Waals surface area contributed by atoms with Crippen molar-refractivity contribution in [3.05, 3.63) is 70.2 Å². The Bertz CT molecular complexity index is 1010. The largest absolute Gasteiger partial charge is 0.444 e. The van der Waals surface area contributed by atoms with E-state index in [0.717, 1.165) is 10.0 Å². The van der Waals surface area contributed by atoms with Gasteiger partial charge in [-0.1, -0.05) is 64.5 Å². The summed E-state index contributed by atoms with van der Waals surface area (Å²) in [5, 5.41) is 3.48. The van der Waals surface area contributed by atoms with Crippen molar-refractivity contribution in [1.82, 2.24) is 10.2 Å². The molecule has 4 rings (SSSR count). The van der Waals surface area contributed by atoms with Gasteiger partial charge in [-0.25, -0.2) is 4.79 Å². The zero-order chi connectivity index (χ0) is 25.2. The second-order valence-electron chi connectivity index (χ2n) is 10.4. The van der Waals surface area contributed by atoms with Crippen LogP contribution in [0.5, 0.6) is 0 Å². The Hall–Kier alpha value is -1.97. The molecule has 0 spiro atoms. The van der Waals surface area contributed by atoms with Crippen molar-refractivity contribution in [2.24, 2.45) is 0 Å².